The number of rotatable bonds is 0. The van der Waals surface area contributed by atoms with Gasteiger partial charge in [-0.15, -0.1) is 0 Å². The highest BCUT2D eigenvalue weighted by atomic mass is 15.2. The molecule has 72 valence electrons. The van der Waals surface area contributed by atoms with Crippen LogP contribution in [0, 0.1) is 5.92 Å². The van der Waals surface area contributed by atoms with E-state index in [1.165, 1.54) is 23.6 Å². The van der Waals surface area contributed by atoms with Crippen LogP contribution in [0.4, 0.5) is 5.69 Å². The van der Waals surface area contributed by atoms with Gasteiger partial charge in [-0.3, -0.25) is 0 Å². The first-order chi connectivity index (χ1) is 6.83. The Balaban J connectivity index is 2.03. The molecule has 0 amide bonds. The summed E-state index contributed by atoms with van der Waals surface area (Å²) in [4.78, 5) is 7.11. The Hall–Kier alpha value is -1.31. The zero-order chi connectivity index (χ0) is 9.54. The lowest BCUT2D eigenvalue weighted by atomic mass is 10.1. The Labute approximate surface area is 84.3 Å². The number of para-hydroxylation sites is 1. The largest absolute Gasteiger partial charge is 0.355 e. The van der Waals surface area contributed by atoms with Crippen LogP contribution in [-0.4, -0.2) is 17.3 Å². The highest BCUT2D eigenvalue weighted by molar-refractivity contribution is 5.88. The normalized spacial score (nSPS) is 24.2. The quantitative estimate of drug-likeness (QED) is 0.608. The fraction of sp³-hybridized carbons (Fsp3) is 0.417. The number of benzene rings is 1. The fourth-order valence-corrected chi connectivity index (χ4v) is 2.36. The third-order valence-corrected chi connectivity index (χ3v) is 3.03. The van der Waals surface area contributed by atoms with Crippen LogP contribution < -0.4 is 0 Å². The molecule has 2 aliphatic heterocycles. The molecule has 1 fully saturated rings. The second kappa shape index (κ2) is 2.84. The van der Waals surface area contributed by atoms with Crippen LogP contribution in [0.25, 0.3) is 0 Å². The van der Waals surface area contributed by atoms with E-state index in [-0.39, 0.29) is 0 Å². The Morgan fingerprint density at radius 1 is 1.36 bits per heavy atom. The Bertz CT molecular complexity index is 395. The van der Waals surface area contributed by atoms with Crippen molar-refractivity contribution in [1.82, 2.24) is 4.90 Å². The summed E-state index contributed by atoms with van der Waals surface area (Å²) in [7, 11) is 0. The summed E-state index contributed by atoms with van der Waals surface area (Å²) in [5.74, 6) is 2.05. The van der Waals surface area contributed by atoms with E-state index in [9.17, 15) is 0 Å². The van der Waals surface area contributed by atoms with Crippen LogP contribution >= 0.6 is 0 Å². The Morgan fingerprint density at radius 2 is 2.21 bits per heavy atom. The second-order valence-electron chi connectivity index (χ2n) is 4.35. The van der Waals surface area contributed by atoms with Crippen LogP contribution in [0.2, 0.25) is 0 Å². The highest BCUT2D eigenvalue weighted by Gasteiger charge is 2.27. The van der Waals surface area contributed by atoms with Gasteiger partial charge in [-0.1, -0.05) is 25.1 Å². The highest BCUT2D eigenvalue weighted by Crippen LogP contribution is 2.31. The molecule has 0 aliphatic carbocycles. The number of nitrogens with zero attached hydrogens (tertiary/aromatic N) is 2. The maximum atomic E-state index is 4.70. The van der Waals surface area contributed by atoms with Crippen molar-refractivity contribution in [1.29, 1.82) is 0 Å². The molecule has 1 atom stereocenters. The summed E-state index contributed by atoms with van der Waals surface area (Å²) in [5, 5.41) is 0. The molecule has 0 radical (unpaired) electrons. The average molecular weight is 186 g/mol. The molecule has 2 heteroatoms. The minimum atomic E-state index is 0.767. The predicted molar refractivity (Wildman–Crippen MR) is 57.7 cm³/mol. The maximum Gasteiger partial charge on any atom is 0.105 e. The maximum absolute atomic E-state index is 4.70. The van der Waals surface area contributed by atoms with Gasteiger partial charge in [0.2, 0.25) is 0 Å². The van der Waals surface area contributed by atoms with Crippen molar-refractivity contribution in [2.45, 2.75) is 19.9 Å². The lowest BCUT2D eigenvalue weighted by Crippen LogP contribution is -2.27. The van der Waals surface area contributed by atoms with E-state index in [1.807, 2.05) is 0 Å². The standard InChI is InChI=1S/C12H14N2/c1-9-6-12-13-11-5-3-2-4-10(11)8-14(12)7-9/h2-5,9H,6-8H2,1H3/t9-/m1/s1. The molecule has 14 heavy (non-hydrogen) atoms. The van der Waals surface area contributed by atoms with E-state index in [4.69, 9.17) is 4.99 Å². The van der Waals surface area contributed by atoms with E-state index >= 15 is 0 Å². The third-order valence-electron chi connectivity index (χ3n) is 3.03. The lowest BCUT2D eigenvalue weighted by Gasteiger charge is -2.24. The minimum absolute atomic E-state index is 0.767. The molecule has 1 aromatic rings. The van der Waals surface area contributed by atoms with E-state index in [1.54, 1.807) is 0 Å². The van der Waals surface area contributed by atoms with Gasteiger partial charge >= 0.3 is 0 Å². The van der Waals surface area contributed by atoms with Crippen molar-refractivity contribution in [3.8, 4) is 0 Å². The van der Waals surface area contributed by atoms with Crippen molar-refractivity contribution in [3.05, 3.63) is 29.8 Å². The summed E-state index contributed by atoms with van der Waals surface area (Å²) in [6.07, 6.45) is 1.15. The molecule has 2 nitrogen and oxygen atoms in total. The van der Waals surface area contributed by atoms with E-state index < -0.39 is 0 Å². The topological polar surface area (TPSA) is 15.6 Å². The van der Waals surface area contributed by atoms with Gasteiger partial charge in [0.15, 0.2) is 0 Å². The first kappa shape index (κ1) is 8.04. The molecular formula is C12H14N2. The molecule has 0 unspecified atom stereocenters. The SMILES string of the molecule is C[C@@H]1CC2=Nc3ccccc3CN2C1. The molecule has 2 aliphatic rings. The Kier molecular flexibility index (Phi) is 1.63. The fourth-order valence-electron chi connectivity index (χ4n) is 2.36. The van der Waals surface area contributed by atoms with Crippen molar-refractivity contribution in [3.63, 3.8) is 0 Å². The molecule has 0 aromatic heterocycles. The zero-order valence-corrected chi connectivity index (χ0v) is 8.40. The predicted octanol–water partition coefficient (Wildman–Crippen LogP) is 2.57. The zero-order valence-electron chi connectivity index (χ0n) is 8.40. The van der Waals surface area contributed by atoms with Crippen molar-refractivity contribution in [2.75, 3.05) is 6.54 Å². The van der Waals surface area contributed by atoms with Crippen LogP contribution in [0.5, 0.6) is 0 Å². The van der Waals surface area contributed by atoms with Crippen LogP contribution in [-0.2, 0) is 6.54 Å². The number of aliphatic imine (C=N–C) groups is 1. The first-order valence-corrected chi connectivity index (χ1v) is 5.23. The summed E-state index contributed by atoms with van der Waals surface area (Å²) < 4.78 is 0. The smallest absolute Gasteiger partial charge is 0.105 e. The van der Waals surface area contributed by atoms with E-state index in [0.717, 1.165) is 18.9 Å². The van der Waals surface area contributed by atoms with Crippen LogP contribution in [0.1, 0.15) is 18.9 Å². The molecule has 3 rings (SSSR count). The number of hydrogen-bond donors (Lipinski definition) is 0. The van der Waals surface area contributed by atoms with Crippen LogP contribution in [0.3, 0.4) is 0 Å². The van der Waals surface area contributed by atoms with E-state index in [0.29, 0.717) is 0 Å². The monoisotopic (exact) mass is 186 g/mol. The number of hydrogen-bond acceptors (Lipinski definition) is 2. The van der Waals surface area contributed by atoms with Crippen LogP contribution in [0.15, 0.2) is 29.3 Å². The molecule has 2 heterocycles. The molecule has 0 spiro atoms. The van der Waals surface area contributed by atoms with E-state index in [2.05, 4.69) is 36.1 Å². The summed E-state index contributed by atoms with van der Waals surface area (Å²) in [6.45, 7) is 4.53. The van der Waals surface area contributed by atoms with Gasteiger partial charge in [0, 0.05) is 19.5 Å². The second-order valence-corrected chi connectivity index (χ2v) is 4.35. The van der Waals surface area contributed by atoms with Gasteiger partial charge in [0.05, 0.1) is 5.69 Å². The first-order valence-electron chi connectivity index (χ1n) is 5.23. The molecule has 0 N–H and O–H groups in total. The van der Waals surface area contributed by atoms with Gasteiger partial charge in [0.1, 0.15) is 5.84 Å². The molecule has 0 bridgehead atoms. The number of amidine groups is 1. The van der Waals surface area contributed by atoms with Gasteiger partial charge in [-0.05, 0) is 17.5 Å². The third kappa shape index (κ3) is 1.14. The summed E-state index contributed by atoms with van der Waals surface area (Å²) >= 11 is 0. The Morgan fingerprint density at radius 3 is 3.14 bits per heavy atom. The minimum Gasteiger partial charge on any atom is -0.355 e. The molecule has 1 aromatic carbocycles. The van der Waals surface area contributed by atoms with Gasteiger partial charge in [0.25, 0.3) is 0 Å². The molecule has 0 saturated carbocycles. The average Bonchev–Trinajstić information content (AvgIpc) is 2.53. The summed E-state index contributed by atoms with van der Waals surface area (Å²) in [6, 6.07) is 8.46. The van der Waals surface area contributed by atoms with Gasteiger partial charge in [-0.2, -0.15) is 0 Å². The van der Waals surface area contributed by atoms with Crippen molar-refractivity contribution < 1.29 is 0 Å². The lowest BCUT2D eigenvalue weighted by molar-refractivity contribution is 0.404. The van der Waals surface area contributed by atoms with Crippen molar-refractivity contribution in [2.24, 2.45) is 10.9 Å². The van der Waals surface area contributed by atoms with Crippen molar-refractivity contribution >= 4 is 11.5 Å². The van der Waals surface area contributed by atoms with Gasteiger partial charge < -0.3 is 4.90 Å². The molecule has 1 saturated heterocycles. The molecular weight excluding hydrogens is 172 g/mol. The summed E-state index contributed by atoms with van der Waals surface area (Å²) in [5.41, 5.74) is 2.54. The van der Waals surface area contributed by atoms with Gasteiger partial charge in [-0.25, -0.2) is 4.99 Å². The number of fused-ring (bicyclic) bond motifs is 2.